The molecule has 2 heterocycles. The van der Waals surface area contributed by atoms with Crippen molar-refractivity contribution in [1.82, 2.24) is 30.8 Å². The normalized spacial score (nSPS) is 13.8. The van der Waals surface area contributed by atoms with E-state index in [0.717, 1.165) is 92.8 Å². The van der Waals surface area contributed by atoms with Gasteiger partial charge < -0.3 is 37.2 Å². The van der Waals surface area contributed by atoms with Crippen LogP contribution in [0.25, 0.3) is 0 Å². The van der Waals surface area contributed by atoms with Gasteiger partial charge in [-0.05, 0) is 57.1 Å². The number of benzene rings is 2. The van der Waals surface area contributed by atoms with Crippen LogP contribution >= 0.6 is 0 Å². The summed E-state index contributed by atoms with van der Waals surface area (Å²) in [5.41, 5.74) is 18.2. The summed E-state index contributed by atoms with van der Waals surface area (Å²) in [5, 5.41) is 10.9. The Morgan fingerprint density at radius 2 is 1.47 bits per heavy atom. The Labute approximate surface area is 321 Å². The van der Waals surface area contributed by atoms with Gasteiger partial charge in [0.05, 0.1) is 24.8 Å². The minimum Gasteiger partial charge on any atom is -0.381 e. The molecule has 4 rings (SSSR count). The Hall–Kier alpha value is -4.60. The highest BCUT2D eigenvalue weighted by Gasteiger charge is 2.24. The number of hydrogen-bond donors (Lipinski definition) is 5. The van der Waals surface area contributed by atoms with Gasteiger partial charge in [-0.3, -0.25) is 4.98 Å². The highest BCUT2D eigenvalue weighted by molar-refractivity contribution is 5.36. The zero-order valence-electron chi connectivity index (χ0n) is 33.4. The molecule has 9 nitrogen and oxygen atoms in total. The molecule has 1 aliphatic heterocycles. The lowest BCUT2D eigenvalue weighted by molar-refractivity contribution is 0.289. The SMILES string of the molecule is C=C(CNC(=CCC)C(Cc1ccccc1)NC(=C)CN)NC(CCCCN)C(=C)N1CCN(c2cnccn2)CC1.CC(C)C.Cc1ccccc1. The Morgan fingerprint density at radius 3 is 2.00 bits per heavy atom. The van der Waals surface area contributed by atoms with E-state index in [-0.39, 0.29) is 12.1 Å². The first-order valence-corrected chi connectivity index (χ1v) is 19.3. The fourth-order valence-electron chi connectivity index (χ4n) is 5.70. The smallest absolute Gasteiger partial charge is 0.147 e. The predicted molar refractivity (Wildman–Crippen MR) is 227 cm³/mol. The molecule has 2 unspecified atom stereocenters. The first-order valence-electron chi connectivity index (χ1n) is 19.3. The first-order chi connectivity index (χ1) is 25.6. The molecule has 1 saturated heterocycles. The van der Waals surface area contributed by atoms with Gasteiger partial charge >= 0.3 is 0 Å². The third kappa shape index (κ3) is 18.6. The number of anilines is 1. The third-order valence-electron chi connectivity index (χ3n) is 8.44. The van der Waals surface area contributed by atoms with Crippen molar-refractivity contribution in [3.63, 3.8) is 0 Å². The summed E-state index contributed by atoms with van der Waals surface area (Å²) in [6, 6.07) is 20.8. The van der Waals surface area contributed by atoms with Gasteiger partial charge in [0.2, 0.25) is 0 Å². The Kier molecular flexibility index (Phi) is 22.0. The average Bonchev–Trinajstić information content (AvgIpc) is 3.16. The number of piperazine rings is 1. The van der Waals surface area contributed by atoms with Crippen molar-refractivity contribution in [3.05, 3.63) is 139 Å². The van der Waals surface area contributed by atoms with E-state index < -0.39 is 0 Å². The molecule has 53 heavy (non-hydrogen) atoms. The summed E-state index contributed by atoms with van der Waals surface area (Å²) < 4.78 is 0. The van der Waals surface area contributed by atoms with E-state index in [1.807, 2.05) is 30.5 Å². The average molecular weight is 724 g/mol. The molecule has 2 aromatic carbocycles. The van der Waals surface area contributed by atoms with Crippen LogP contribution in [0.3, 0.4) is 0 Å². The van der Waals surface area contributed by atoms with E-state index >= 15 is 0 Å². The van der Waals surface area contributed by atoms with Gasteiger partial charge in [-0.25, -0.2) is 4.98 Å². The van der Waals surface area contributed by atoms with Crippen LogP contribution in [0.2, 0.25) is 0 Å². The number of aryl methyl sites for hydroxylation is 1. The second kappa shape index (κ2) is 26.2. The van der Waals surface area contributed by atoms with Crippen molar-refractivity contribution in [2.75, 3.05) is 50.7 Å². The van der Waals surface area contributed by atoms with E-state index in [9.17, 15) is 0 Å². The molecular weight excluding hydrogens is 655 g/mol. The van der Waals surface area contributed by atoms with Crippen LogP contribution in [0.1, 0.15) is 64.5 Å². The first kappa shape index (κ1) is 44.6. The Morgan fingerprint density at radius 1 is 0.849 bits per heavy atom. The summed E-state index contributed by atoms with van der Waals surface area (Å²) in [4.78, 5) is 13.3. The largest absolute Gasteiger partial charge is 0.381 e. The molecule has 1 aliphatic rings. The summed E-state index contributed by atoms with van der Waals surface area (Å²) in [5.74, 6) is 1.76. The molecule has 9 heteroatoms. The van der Waals surface area contributed by atoms with Crippen molar-refractivity contribution in [3.8, 4) is 0 Å². The van der Waals surface area contributed by atoms with Crippen LogP contribution in [0.15, 0.2) is 128 Å². The van der Waals surface area contributed by atoms with Crippen molar-refractivity contribution in [1.29, 1.82) is 0 Å². The summed E-state index contributed by atoms with van der Waals surface area (Å²) in [6.07, 6.45) is 12.2. The standard InChI is InChI=1S/C33H51N9.C7H8.C4H10/c1-5-11-31(32(39-26(2)23-35)22-29-12-7-6-8-13-29)38-24-27(3)40-30(14-9-10-15-34)28(4)41-18-20-42(21-19-41)33-25-36-16-17-37-33;1-7-5-3-2-4-6-7;1-4(2)3/h6-8,11-13,16-17,25,30,32,38-40H,2-5,9-10,14-15,18-24,34-35H2,1H3;2-6H,1H3;4H,1-3H3. The number of nitrogens with one attached hydrogen (secondary N) is 3. The number of unbranched alkanes of at least 4 members (excludes halogenated alkanes) is 1. The number of nitrogens with zero attached hydrogens (tertiary/aromatic N) is 4. The molecule has 0 spiro atoms. The lowest BCUT2D eigenvalue weighted by Crippen LogP contribution is -2.49. The maximum atomic E-state index is 5.89. The Bertz CT molecular complexity index is 1450. The molecule has 0 bridgehead atoms. The molecule has 0 radical (unpaired) electrons. The van der Waals surface area contributed by atoms with Gasteiger partial charge in [-0.1, -0.05) is 120 Å². The van der Waals surface area contributed by atoms with E-state index in [1.165, 1.54) is 11.1 Å². The molecule has 0 saturated carbocycles. The molecule has 7 N–H and O–H groups in total. The Balaban J connectivity index is 0.000000758. The molecule has 1 fully saturated rings. The van der Waals surface area contributed by atoms with Crippen molar-refractivity contribution < 1.29 is 0 Å². The van der Waals surface area contributed by atoms with Gasteiger partial charge in [0.15, 0.2) is 0 Å². The topological polar surface area (TPSA) is 120 Å². The highest BCUT2D eigenvalue weighted by Crippen LogP contribution is 2.19. The molecule has 0 amide bonds. The maximum absolute atomic E-state index is 5.89. The highest BCUT2D eigenvalue weighted by atomic mass is 15.3. The lowest BCUT2D eigenvalue weighted by atomic mass is 10.0. The second-order valence-electron chi connectivity index (χ2n) is 14.1. The quantitative estimate of drug-likeness (QED) is 0.0840. The number of hydrogen-bond acceptors (Lipinski definition) is 9. The summed E-state index contributed by atoms with van der Waals surface area (Å²) in [6.45, 7) is 28.9. The minimum atomic E-state index is 0.0251. The van der Waals surface area contributed by atoms with Crippen LogP contribution in [-0.2, 0) is 6.42 Å². The van der Waals surface area contributed by atoms with E-state index in [1.54, 1.807) is 12.4 Å². The number of aromatic nitrogens is 2. The molecule has 0 aliphatic carbocycles. The van der Waals surface area contributed by atoms with Crippen molar-refractivity contribution >= 4 is 5.82 Å². The zero-order chi connectivity index (χ0) is 38.8. The molecular formula is C44H69N9. The minimum absolute atomic E-state index is 0.0251. The van der Waals surface area contributed by atoms with Crippen LogP contribution in [0.5, 0.6) is 0 Å². The van der Waals surface area contributed by atoms with Crippen LogP contribution in [0, 0.1) is 12.8 Å². The maximum Gasteiger partial charge on any atom is 0.147 e. The number of nitrogens with two attached hydrogens (primary N) is 2. The van der Waals surface area contributed by atoms with Gasteiger partial charge in [0, 0.05) is 67.9 Å². The van der Waals surface area contributed by atoms with Crippen LogP contribution < -0.4 is 32.3 Å². The summed E-state index contributed by atoms with van der Waals surface area (Å²) >= 11 is 0. The fourth-order valence-corrected chi connectivity index (χ4v) is 5.70. The molecule has 2 atom stereocenters. The van der Waals surface area contributed by atoms with Gasteiger partial charge in [0.25, 0.3) is 0 Å². The van der Waals surface area contributed by atoms with Crippen molar-refractivity contribution in [2.45, 2.75) is 78.8 Å². The van der Waals surface area contributed by atoms with Crippen LogP contribution in [0.4, 0.5) is 5.82 Å². The van der Waals surface area contributed by atoms with E-state index in [4.69, 9.17) is 11.5 Å². The third-order valence-corrected chi connectivity index (χ3v) is 8.44. The van der Waals surface area contributed by atoms with Gasteiger partial charge in [-0.15, -0.1) is 0 Å². The second-order valence-corrected chi connectivity index (χ2v) is 14.1. The van der Waals surface area contributed by atoms with Gasteiger partial charge in [-0.2, -0.15) is 0 Å². The predicted octanol–water partition coefficient (Wildman–Crippen LogP) is 6.93. The number of rotatable bonds is 19. The fraction of sp³-hybridized carbons (Fsp3) is 0.455. The van der Waals surface area contributed by atoms with Crippen molar-refractivity contribution in [2.24, 2.45) is 17.4 Å². The van der Waals surface area contributed by atoms with Crippen LogP contribution in [-0.4, -0.2) is 72.8 Å². The van der Waals surface area contributed by atoms with E-state index in [0.29, 0.717) is 19.6 Å². The molecule has 290 valence electrons. The summed E-state index contributed by atoms with van der Waals surface area (Å²) in [7, 11) is 0. The monoisotopic (exact) mass is 724 g/mol. The zero-order valence-corrected chi connectivity index (χ0v) is 33.4. The number of allylic oxidation sites excluding steroid dienone is 1. The van der Waals surface area contributed by atoms with Gasteiger partial charge in [0.1, 0.15) is 5.82 Å². The molecule has 1 aromatic heterocycles. The van der Waals surface area contributed by atoms with E-state index in [2.05, 4.69) is 133 Å². The lowest BCUT2D eigenvalue weighted by Gasteiger charge is -2.40. The molecule has 3 aromatic rings.